The van der Waals surface area contributed by atoms with Gasteiger partial charge in [-0.15, -0.1) is 0 Å². The van der Waals surface area contributed by atoms with Gasteiger partial charge in [0.15, 0.2) is 0 Å². The smallest absolute Gasteiger partial charge is 0.427 e. The van der Waals surface area contributed by atoms with E-state index in [0.717, 1.165) is 12.8 Å². The maximum absolute atomic E-state index is 10.6. The number of unbranched alkanes of at least 4 members (excludes halogenated alkanes) is 1. The molecule has 64 valence electrons. The van der Waals surface area contributed by atoms with Gasteiger partial charge in [-0.25, -0.2) is 10.2 Å². The molecule has 0 aromatic carbocycles. The summed E-state index contributed by atoms with van der Waals surface area (Å²) in [6, 6.07) is 0. The minimum absolute atomic E-state index is 0.370. The zero-order valence-corrected chi connectivity index (χ0v) is 6.96. The van der Waals surface area contributed by atoms with Crippen LogP contribution in [-0.2, 0) is 4.74 Å². The summed E-state index contributed by atoms with van der Waals surface area (Å²) in [6.07, 6.45) is 3.04. The Hall–Kier alpha value is -1.06. The molecule has 0 spiro atoms. The third-order valence-corrected chi connectivity index (χ3v) is 0.940. The highest BCUT2D eigenvalue weighted by Crippen LogP contribution is 1.80. The largest absolute Gasteiger partial charge is 0.449 e. The minimum atomic E-state index is -0.500. The van der Waals surface area contributed by atoms with Gasteiger partial charge in [0.25, 0.3) is 0 Å². The molecule has 0 unspecified atom stereocenters. The van der Waals surface area contributed by atoms with Gasteiger partial charge in [-0.2, -0.15) is 5.10 Å². The number of ether oxygens (including phenoxy) is 1. The average Bonchev–Trinajstić information content (AvgIpc) is 1.99. The lowest BCUT2D eigenvalue weighted by Gasteiger charge is -1.97. The first kappa shape index (κ1) is 9.94. The maximum atomic E-state index is 10.6. The molecule has 0 saturated heterocycles. The molecule has 0 heterocycles. The molecule has 0 aromatic rings. The minimum Gasteiger partial charge on any atom is -0.449 e. The Labute approximate surface area is 66.6 Å². The predicted octanol–water partition coefficient (Wildman–Crippen LogP) is 1.52. The number of carbonyl (C=O) groups is 1. The monoisotopic (exact) mass is 158 g/mol. The molecule has 11 heavy (non-hydrogen) atoms. The van der Waals surface area contributed by atoms with Crippen molar-refractivity contribution in [3.8, 4) is 0 Å². The molecule has 0 atom stereocenters. The molecular formula is C7H14N2O2. The van der Waals surface area contributed by atoms with Crippen LogP contribution in [0, 0.1) is 0 Å². The fourth-order valence-corrected chi connectivity index (χ4v) is 0.455. The molecule has 0 aliphatic carbocycles. The van der Waals surface area contributed by atoms with Crippen molar-refractivity contribution < 1.29 is 9.53 Å². The summed E-state index contributed by atoms with van der Waals surface area (Å²) in [5.74, 6) is 0. The quantitative estimate of drug-likeness (QED) is 0.498. The molecule has 0 bridgehead atoms. The molecule has 0 saturated carbocycles. The van der Waals surface area contributed by atoms with E-state index < -0.39 is 6.09 Å². The second kappa shape index (κ2) is 7.05. The molecule has 4 nitrogen and oxygen atoms in total. The second-order valence-electron chi connectivity index (χ2n) is 1.93. The molecule has 0 fully saturated rings. The maximum Gasteiger partial charge on any atom is 0.427 e. The van der Waals surface area contributed by atoms with Crippen molar-refractivity contribution in [2.24, 2.45) is 5.10 Å². The van der Waals surface area contributed by atoms with Crippen molar-refractivity contribution in [1.82, 2.24) is 5.43 Å². The van der Waals surface area contributed by atoms with Gasteiger partial charge in [0.1, 0.15) is 0 Å². The Balaban J connectivity index is 3.29. The van der Waals surface area contributed by atoms with Gasteiger partial charge in [-0.1, -0.05) is 13.3 Å². The number of nitrogens with zero attached hydrogens (tertiary/aromatic N) is 1. The van der Waals surface area contributed by atoms with Crippen LogP contribution in [-0.4, -0.2) is 18.9 Å². The van der Waals surface area contributed by atoms with Gasteiger partial charge in [0.2, 0.25) is 0 Å². The van der Waals surface area contributed by atoms with E-state index in [4.69, 9.17) is 0 Å². The van der Waals surface area contributed by atoms with Crippen LogP contribution in [0.25, 0.3) is 0 Å². The zero-order chi connectivity index (χ0) is 8.53. The fraction of sp³-hybridized carbons (Fsp3) is 0.714. The van der Waals surface area contributed by atoms with E-state index in [1.54, 1.807) is 13.1 Å². The van der Waals surface area contributed by atoms with E-state index in [2.05, 4.69) is 15.3 Å². The third kappa shape index (κ3) is 6.83. The lowest BCUT2D eigenvalue weighted by molar-refractivity contribution is 0.152. The van der Waals surface area contributed by atoms with Crippen LogP contribution >= 0.6 is 0 Å². The van der Waals surface area contributed by atoms with Crippen molar-refractivity contribution in [3.05, 3.63) is 0 Å². The SMILES string of the molecule is CCCC=NNC(=O)OCC. The normalized spacial score (nSPS) is 10.0. The lowest BCUT2D eigenvalue weighted by atomic mass is 10.4. The van der Waals surface area contributed by atoms with Gasteiger partial charge in [0, 0.05) is 6.21 Å². The first-order chi connectivity index (χ1) is 5.31. The van der Waals surface area contributed by atoms with Crippen LogP contribution in [0.5, 0.6) is 0 Å². The summed E-state index contributed by atoms with van der Waals surface area (Å²) in [6.45, 7) is 4.15. The summed E-state index contributed by atoms with van der Waals surface area (Å²) in [5, 5.41) is 3.63. The van der Waals surface area contributed by atoms with E-state index in [1.165, 1.54) is 0 Å². The molecule has 4 heteroatoms. The number of nitrogens with one attached hydrogen (secondary N) is 1. The summed E-state index contributed by atoms with van der Waals surface area (Å²) >= 11 is 0. The van der Waals surface area contributed by atoms with Crippen LogP contribution in [0.3, 0.4) is 0 Å². The van der Waals surface area contributed by atoms with E-state index >= 15 is 0 Å². The number of rotatable bonds is 4. The molecule has 1 amide bonds. The van der Waals surface area contributed by atoms with Crippen LogP contribution in [0.2, 0.25) is 0 Å². The summed E-state index contributed by atoms with van der Waals surface area (Å²) < 4.78 is 4.56. The van der Waals surface area contributed by atoms with Crippen LogP contribution < -0.4 is 5.43 Å². The lowest BCUT2D eigenvalue weighted by Crippen LogP contribution is -2.18. The van der Waals surface area contributed by atoms with Gasteiger partial charge in [0.05, 0.1) is 6.61 Å². The Morgan fingerprint density at radius 1 is 1.64 bits per heavy atom. The third-order valence-electron chi connectivity index (χ3n) is 0.940. The van der Waals surface area contributed by atoms with Crippen LogP contribution in [0.4, 0.5) is 4.79 Å². The number of hydrogen-bond acceptors (Lipinski definition) is 3. The first-order valence-electron chi connectivity index (χ1n) is 3.75. The fourth-order valence-electron chi connectivity index (χ4n) is 0.455. The summed E-state index contributed by atoms with van der Waals surface area (Å²) in [5.41, 5.74) is 2.23. The van der Waals surface area contributed by atoms with Crippen molar-refractivity contribution in [1.29, 1.82) is 0 Å². The Morgan fingerprint density at radius 2 is 2.36 bits per heavy atom. The zero-order valence-electron chi connectivity index (χ0n) is 6.96. The molecular weight excluding hydrogens is 144 g/mol. The van der Waals surface area contributed by atoms with Crippen molar-refractivity contribution in [2.75, 3.05) is 6.61 Å². The molecule has 0 radical (unpaired) electrons. The van der Waals surface area contributed by atoms with E-state index in [1.807, 2.05) is 6.92 Å². The molecule has 0 aliphatic rings. The number of amides is 1. The predicted molar refractivity (Wildman–Crippen MR) is 43.6 cm³/mol. The average molecular weight is 158 g/mol. The Morgan fingerprint density at radius 3 is 2.91 bits per heavy atom. The van der Waals surface area contributed by atoms with Gasteiger partial charge in [-0.05, 0) is 13.3 Å². The standard InChI is InChI=1S/C7H14N2O2/c1-3-5-6-8-9-7(10)11-4-2/h6H,3-5H2,1-2H3,(H,9,10). The number of hydrogen-bond donors (Lipinski definition) is 1. The molecule has 0 rings (SSSR count). The first-order valence-corrected chi connectivity index (χ1v) is 3.75. The number of hydrazone groups is 1. The van der Waals surface area contributed by atoms with Gasteiger partial charge in [-0.3, -0.25) is 0 Å². The summed E-state index contributed by atoms with van der Waals surface area (Å²) in [7, 11) is 0. The van der Waals surface area contributed by atoms with E-state index in [-0.39, 0.29) is 0 Å². The van der Waals surface area contributed by atoms with Gasteiger partial charge < -0.3 is 4.74 Å². The van der Waals surface area contributed by atoms with E-state index in [0.29, 0.717) is 6.61 Å². The number of carbonyl (C=O) groups excluding carboxylic acids is 1. The van der Waals surface area contributed by atoms with Crippen molar-refractivity contribution in [2.45, 2.75) is 26.7 Å². The van der Waals surface area contributed by atoms with Gasteiger partial charge >= 0.3 is 6.09 Å². The molecule has 0 aliphatic heterocycles. The van der Waals surface area contributed by atoms with Crippen molar-refractivity contribution in [3.63, 3.8) is 0 Å². The Kier molecular flexibility index (Phi) is 6.37. The Bertz CT molecular complexity index is 134. The van der Waals surface area contributed by atoms with Crippen molar-refractivity contribution >= 4 is 12.3 Å². The molecule has 0 aromatic heterocycles. The second-order valence-corrected chi connectivity index (χ2v) is 1.93. The van der Waals surface area contributed by atoms with Crippen LogP contribution in [0.15, 0.2) is 5.10 Å². The summed E-state index contributed by atoms with van der Waals surface area (Å²) in [4.78, 5) is 10.6. The topological polar surface area (TPSA) is 50.7 Å². The molecule has 1 N–H and O–H groups in total. The highest BCUT2D eigenvalue weighted by atomic mass is 16.5. The van der Waals surface area contributed by atoms with E-state index in [9.17, 15) is 4.79 Å². The van der Waals surface area contributed by atoms with Crippen LogP contribution in [0.1, 0.15) is 26.7 Å². The highest BCUT2D eigenvalue weighted by Gasteiger charge is 1.93. The highest BCUT2D eigenvalue weighted by molar-refractivity contribution is 5.68.